The summed E-state index contributed by atoms with van der Waals surface area (Å²) in [6, 6.07) is 0.224. The second kappa shape index (κ2) is 4.08. The molecule has 0 aromatic heterocycles. The van der Waals surface area contributed by atoms with Crippen LogP contribution in [0.5, 0.6) is 0 Å². The Labute approximate surface area is 89.7 Å². The Balaban J connectivity index is 2.13. The van der Waals surface area contributed by atoms with Crippen molar-refractivity contribution in [1.29, 1.82) is 0 Å². The van der Waals surface area contributed by atoms with Crippen LogP contribution in [-0.4, -0.2) is 42.4 Å². The Kier molecular flexibility index (Phi) is 2.79. The first kappa shape index (κ1) is 10.3. The summed E-state index contributed by atoms with van der Waals surface area (Å²) in [6.45, 7) is 4.29. The molecule has 3 N–H and O–H groups in total. The highest BCUT2D eigenvalue weighted by atomic mass is 16.2. The molecule has 2 aliphatic rings. The summed E-state index contributed by atoms with van der Waals surface area (Å²) >= 11 is 0. The zero-order valence-corrected chi connectivity index (χ0v) is 9.07. The lowest BCUT2D eigenvalue weighted by molar-refractivity contribution is -0.123. The molecule has 0 aliphatic carbocycles. The second-order valence-corrected chi connectivity index (χ2v) is 4.09. The number of carbonyl (C=O) groups is 1. The monoisotopic (exact) mass is 210 g/mol. The first-order chi connectivity index (χ1) is 7.24. The van der Waals surface area contributed by atoms with Crippen LogP contribution in [0.2, 0.25) is 0 Å². The minimum Gasteiger partial charge on any atom is -0.370 e. The second-order valence-electron chi connectivity index (χ2n) is 4.09. The van der Waals surface area contributed by atoms with Gasteiger partial charge < -0.3 is 16.0 Å². The topological polar surface area (TPSA) is 70.7 Å². The number of nitrogens with one attached hydrogen (secondary N) is 1. The highest BCUT2D eigenvalue weighted by Crippen LogP contribution is 2.26. The van der Waals surface area contributed by atoms with E-state index in [1.807, 2.05) is 6.92 Å². The van der Waals surface area contributed by atoms with Gasteiger partial charge >= 0.3 is 0 Å². The molecule has 0 saturated carbocycles. The fourth-order valence-electron chi connectivity index (χ4n) is 2.49. The van der Waals surface area contributed by atoms with E-state index in [4.69, 9.17) is 5.73 Å². The predicted molar refractivity (Wildman–Crippen MR) is 58.4 cm³/mol. The van der Waals surface area contributed by atoms with Gasteiger partial charge in [-0.25, -0.2) is 0 Å². The Bertz CT molecular complexity index is 289. The maximum atomic E-state index is 11.5. The van der Waals surface area contributed by atoms with Gasteiger partial charge in [0, 0.05) is 19.6 Å². The molecule has 2 heterocycles. The summed E-state index contributed by atoms with van der Waals surface area (Å²) in [6.07, 6.45) is 2.00. The summed E-state index contributed by atoms with van der Waals surface area (Å²) in [4.78, 5) is 17.8. The molecule has 0 aromatic carbocycles. The Morgan fingerprint density at radius 2 is 2.53 bits per heavy atom. The Morgan fingerprint density at radius 3 is 3.27 bits per heavy atom. The fraction of sp³-hybridized carbons (Fsp3) is 0.800. The molecule has 0 aromatic rings. The maximum Gasteiger partial charge on any atom is 0.225 e. The van der Waals surface area contributed by atoms with Crippen LogP contribution in [0, 0.1) is 5.92 Å². The van der Waals surface area contributed by atoms with Crippen molar-refractivity contribution in [3.63, 3.8) is 0 Å². The number of nitrogens with zero attached hydrogens (tertiary/aromatic N) is 2. The molecule has 84 valence electrons. The standard InChI is InChI=1S/C10H18N4O/c1-2-12-10(11)14-5-3-4-7-8(14)6-13-9(7)15/h7-8H,2-6H2,1H3,(H2,11,12)(H,13,15). The lowest BCUT2D eigenvalue weighted by Crippen LogP contribution is -2.51. The van der Waals surface area contributed by atoms with Crippen molar-refractivity contribution >= 4 is 11.9 Å². The van der Waals surface area contributed by atoms with Gasteiger partial charge in [-0.1, -0.05) is 0 Å². The van der Waals surface area contributed by atoms with E-state index in [9.17, 15) is 4.79 Å². The molecule has 2 aliphatic heterocycles. The zero-order chi connectivity index (χ0) is 10.8. The van der Waals surface area contributed by atoms with Crippen molar-refractivity contribution in [2.75, 3.05) is 19.6 Å². The van der Waals surface area contributed by atoms with Gasteiger partial charge in [0.05, 0.1) is 12.0 Å². The lowest BCUT2D eigenvalue weighted by Gasteiger charge is -2.36. The Hall–Kier alpha value is -1.26. The van der Waals surface area contributed by atoms with Crippen LogP contribution in [0.15, 0.2) is 4.99 Å². The summed E-state index contributed by atoms with van der Waals surface area (Å²) in [5.74, 6) is 0.877. The third-order valence-electron chi connectivity index (χ3n) is 3.22. The number of aliphatic imine (C=N–C) groups is 1. The van der Waals surface area contributed by atoms with Crippen LogP contribution in [0.25, 0.3) is 0 Å². The third kappa shape index (κ3) is 1.78. The van der Waals surface area contributed by atoms with E-state index < -0.39 is 0 Å². The van der Waals surface area contributed by atoms with Crippen molar-refractivity contribution in [3.05, 3.63) is 0 Å². The minimum atomic E-state index is 0.115. The van der Waals surface area contributed by atoms with Gasteiger partial charge in [-0.3, -0.25) is 9.79 Å². The third-order valence-corrected chi connectivity index (χ3v) is 3.22. The molecule has 2 rings (SSSR count). The molecule has 0 spiro atoms. The number of nitrogens with two attached hydrogens (primary N) is 1. The number of hydrogen-bond donors (Lipinski definition) is 2. The summed E-state index contributed by atoms with van der Waals surface area (Å²) < 4.78 is 0. The van der Waals surface area contributed by atoms with E-state index >= 15 is 0 Å². The van der Waals surface area contributed by atoms with Gasteiger partial charge in [-0.2, -0.15) is 0 Å². The van der Waals surface area contributed by atoms with E-state index in [2.05, 4.69) is 15.2 Å². The van der Waals surface area contributed by atoms with Crippen molar-refractivity contribution in [2.24, 2.45) is 16.6 Å². The van der Waals surface area contributed by atoms with E-state index in [0.717, 1.165) is 19.4 Å². The number of carbonyl (C=O) groups excluding carboxylic acids is 1. The van der Waals surface area contributed by atoms with Crippen molar-refractivity contribution in [2.45, 2.75) is 25.8 Å². The summed E-state index contributed by atoms with van der Waals surface area (Å²) in [5, 5.41) is 2.90. The van der Waals surface area contributed by atoms with Crippen LogP contribution in [-0.2, 0) is 4.79 Å². The van der Waals surface area contributed by atoms with Gasteiger partial charge in [0.15, 0.2) is 5.96 Å². The quantitative estimate of drug-likeness (QED) is 0.454. The number of hydrogen-bond acceptors (Lipinski definition) is 2. The highest BCUT2D eigenvalue weighted by molar-refractivity contribution is 5.85. The number of guanidine groups is 1. The molecule has 15 heavy (non-hydrogen) atoms. The van der Waals surface area contributed by atoms with Crippen molar-refractivity contribution in [1.82, 2.24) is 10.2 Å². The molecule has 0 radical (unpaired) electrons. The largest absolute Gasteiger partial charge is 0.370 e. The molecule has 2 saturated heterocycles. The molecular weight excluding hydrogens is 192 g/mol. The molecule has 5 nitrogen and oxygen atoms in total. The fourth-order valence-corrected chi connectivity index (χ4v) is 2.49. The van der Waals surface area contributed by atoms with Crippen LogP contribution < -0.4 is 11.1 Å². The SMILES string of the molecule is CCN=C(N)N1CCCC2C(=O)NCC21. The van der Waals surface area contributed by atoms with Crippen LogP contribution in [0.3, 0.4) is 0 Å². The van der Waals surface area contributed by atoms with Gasteiger partial charge in [0.25, 0.3) is 0 Å². The normalized spacial score (nSPS) is 31.4. The minimum absolute atomic E-state index is 0.115. The smallest absolute Gasteiger partial charge is 0.225 e. The van der Waals surface area contributed by atoms with Crippen LogP contribution in [0.4, 0.5) is 0 Å². The molecular formula is C10H18N4O. The van der Waals surface area contributed by atoms with Crippen LogP contribution in [0.1, 0.15) is 19.8 Å². The number of fused-ring (bicyclic) bond motifs is 1. The van der Waals surface area contributed by atoms with Crippen molar-refractivity contribution < 1.29 is 4.79 Å². The van der Waals surface area contributed by atoms with E-state index in [-0.39, 0.29) is 17.9 Å². The number of likely N-dealkylation sites (tertiary alicyclic amines) is 1. The van der Waals surface area contributed by atoms with Gasteiger partial charge in [-0.05, 0) is 19.8 Å². The molecule has 0 bridgehead atoms. The first-order valence-electron chi connectivity index (χ1n) is 5.58. The average Bonchev–Trinajstić information content (AvgIpc) is 2.61. The molecule has 2 atom stereocenters. The summed E-state index contributed by atoms with van der Waals surface area (Å²) in [7, 11) is 0. The van der Waals surface area contributed by atoms with Gasteiger partial charge in [-0.15, -0.1) is 0 Å². The maximum absolute atomic E-state index is 11.5. The van der Waals surface area contributed by atoms with E-state index in [0.29, 0.717) is 19.0 Å². The molecule has 1 amide bonds. The van der Waals surface area contributed by atoms with Gasteiger partial charge in [0.2, 0.25) is 5.91 Å². The Morgan fingerprint density at radius 1 is 1.73 bits per heavy atom. The number of piperidine rings is 1. The van der Waals surface area contributed by atoms with Crippen LogP contribution >= 0.6 is 0 Å². The molecule has 5 heteroatoms. The molecule has 2 fully saturated rings. The number of rotatable bonds is 1. The lowest BCUT2D eigenvalue weighted by atomic mass is 9.92. The summed E-state index contributed by atoms with van der Waals surface area (Å²) in [5.41, 5.74) is 5.90. The predicted octanol–water partition coefficient (Wildman–Crippen LogP) is -0.469. The van der Waals surface area contributed by atoms with E-state index in [1.54, 1.807) is 0 Å². The van der Waals surface area contributed by atoms with E-state index in [1.165, 1.54) is 0 Å². The highest BCUT2D eigenvalue weighted by Gasteiger charge is 2.41. The average molecular weight is 210 g/mol. The molecule has 2 unspecified atom stereocenters. The first-order valence-corrected chi connectivity index (χ1v) is 5.58. The van der Waals surface area contributed by atoms with Gasteiger partial charge in [0.1, 0.15) is 0 Å². The zero-order valence-electron chi connectivity index (χ0n) is 9.07. The number of amides is 1. The van der Waals surface area contributed by atoms with Crippen molar-refractivity contribution in [3.8, 4) is 0 Å².